The zero-order valence-corrected chi connectivity index (χ0v) is 18.0. The van der Waals surface area contributed by atoms with Crippen molar-refractivity contribution in [1.29, 1.82) is 0 Å². The van der Waals surface area contributed by atoms with Crippen molar-refractivity contribution in [3.63, 3.8) is 0 Å². The fourth-order valence-corrected chi connectivity index (χ4v) is 4.51. The first-order chi connectivity index (χ1) is 16.4. The molecule has 6 rings (SSSR count). The summed E-state index contributed by atoms with van der Waals surface area (Å²) in [6.07, 6.45) is 3.65. The molecule has 0 N–H and O–H groups in total. The van der Waals surface area contributed by atoms with Gasteiger partial charge in [-0.25, -0.2) is 0 Å². The van der Waals surface area contributed by atoms with Crippen LogP contribution in [0.1, 0.15) is 0 Å². The van der Waals surface area contributed by atoms with E-state index in [0.717, 1.165) is 50.1 Å². The van der Waals surface area contributed by atoms with Crippen molar-refractivity contribution in [3.05, 3.63) is 128 Å². The predicted octanol–water partition coefficient (Wildman–Crippen LogP) is 8.50. The fraction of sp³-hybridized carbons (Fsp3) is 0. The second-order valence-electron chi connectivity index (χ2n) is 8.00. The minimum absolute atomic E-state index is 0.885. The van der Waals surface area contributed by atoms with E-state index in [4.69, 9.17) is 4.42 Å². The zero-order chi connectivity index (χ0) is 22.0. The highest BCUT2D eigenvalue weighted by atomic mass is 16.3. The van der Waals surface area contributed by atoms with Crippen LogP contribution in [0.3, 0.4) is 0 Å². The average molecular weight is 424 g/mol. The van der Waals surface area contributed by atoms with Gasteiger partial charge in [-0.15, -0.1) is 0 Å². The zero-order valence-electron chi connectivity index (χ0n) is 18.0. The van der Waals surface area contributed by atoms with Gasteiger partial charge in [0.05, 0.1) is 0 Å². The van der Waals surface area contributed by atoms with Gasteiger partial charge in [0, 0.05) is 34.3 Å². The molecule has 156 valence electrons. The second kappa shape index (κ2) is 8.25. The fourth-order valence-electron chi connectivity index (χ4n) is 4.51. The van der Waals surface area contributed by atoms with E-state index in [0.29, 0.717) is 0 Å². The Hall–Kier alpha value is -4.43. The topological polar surface area (TPSA) is 26.0 Å². The van der Waals surface area contributed by atoms with Crippen LogP contribution in [-0.4, -0.2) is 4.98 Å². The van der Waals surface area contributed by atoms with Crippen molar-refractivity contribution in [1.82, 2.24) is 4.98 Å². The lowest BCUT2D eigenvalue weighted by Gasteiger charge is -2.09. The van der Waals surface area contributed by atoms with Crippen molar-refractivity contribution in [2.24, 2.45) is 0 Å². The highest BCUT2D eigenvalue weighted by Crippen LogP contribution is 2.44. The first-order valence-electron chi connectivity index (χ1n) is 11.1. The van der Waals surface area contributed by atoms with Gasteiger partial charge in [-0.2, -0.15) is 0 Å². The first-order valence-corrected chi connectivity index (χ1v) is 11.1. The Balaban J connectivity index is 1.61. The van der Waals surface area contributed by atoms with E-state index in [1.165, 1.54) is 5.56 Å². The van der Waals surface area contributed by atoms with Crippen LogP contribution in [0.5, 0.6) is 0 Å². The van der Waals surface area contributed by atoms with E-state index in [1.54, 1.807) is 0 Å². The van der Waals surface area contributed by atoms with Gasteiger partial charge >= 0.3 is 0 Å². The summed E-state index contributed by atoms with van der Waals surface area (Å²) in [4.78, 5) is 4.18. The van der Waals surface area contributed by atoms with Gasteiger partial charge in [0.15, 0.2) is 0 Å². The third-order valence-corrected chi connectivity index (χ3v) is 6.04. The number of hydrogen-bond donors (Lipinski definition) is 0. The Bertz CT molecular complexity index is 1430. The van der Waals surface area contributed by atoms with E-state index in [2.05, 4.69) is 102 Å². The monoisotopic (exact) mass is 423 g/mol. The van der Waals surface area contributed by atoms with Gasteiger partial charge in [0.25, 0.3) is 0 Å². The lowest BCUT2D eigenvalue weighted by Crippen LogP contribution is -1.84. The highest BCUT2D eigenvalue weighted by molar-refractivity contribution is 6.06. The van der Waals surface area contributed by atoms with Crippen LogP contribution in [0, 0.1) is 0 Å². The molecular weight excluding hydrogens is 402 g/mol. The highest BCUT2D eigenvalue weighted by Gasteiger charge is 2.20. The third kappa shape index (κ3) is 3.42. The molecule has 0 aliphatic heterocycles. The van der Waals surface area contributed by atoms with E-state index in [9.17, 15) is 0 Å². The predicted molar refractivity (Wildman–Crippen MR) is 136 cm³/mol. The van der Waals surface area contributed by atoms with Crippen molar-refractivity contribution in [2.45, 2.75) is 0 Å². The number of nitrogens with zero attached hydrogens (tertiary/aromatic N) is 1. The lowest BCUT2D eigenvalue weighted by molar-refractivity contribution is 0.602. The molecule has 0 fully saturated rings. The number of rotatable bonds is 4. The normalized spacial score (nSPS) is 11.0. The number of aromatic nitrogens is 1. The standard InChI is InChI=1S/C31H21NO/c1-2-10-22(11-3-1)24-12-4-6-14-26(24)30-28-16-8-9-17-29(28)31(33-30)27-15-7-5-13-25(27)23-18-20-32-21-19-23/h1-21H. The number of furan rings is 1. The third-order valence-electron chi connectivity index (χ3n) is 6.04. The number of pyridine rings is 1. The maximum atomic E-state index is 6.75. The van der Waals surface area contributed by atoms with Crippen LogP contribution in [-0.2, 0) is 0 Å². The maximum absolute atomic E-state index is 6.75. The van der Waals surface area contributed by atoms with E-state index in [-0.39, 0.29) is 0 Å². The van der Waals surface area contributed by atoms with Gasteiger partial charge in [-0.05, 0) is 34.4 Å². The lowest BCUT2D eigenvalue weighted by atomic mass is 9.95. The smallest absolute Gasteiger partial charge is 0.143 e. The van der Waals surface area contributed by atoms with Gasteiger partial charge in [0.2, 0.25) is 0 Å². The molecule has 0 aliphatic carbocycles. The molecule has 2 nitrogen and oxygen atoms in total. The van der Waals surface area contributed by atoms with Crippen molar-refractivity contribution in [3.8, 4) is 44.9 Å². The van der Waals surface area contributed by atoms with Crippen LogP contribution >= 0.6 is 0 Å². The Morgan fingerprint density at radius 2 is 0.818 bits per heavy atom. The minimum Gasteiger partial charge on any atom is -0.455 e. The molecule has 4 aromatic carbocycles. The average Bonchev–Trinajstić information content (AvgIpc) is 3.29. The van der Waals surface area contributed by atoms with E-state index < -0.39 is 0 Å². The molecule has 0 bridgehead atoms. The van der Waals surface area contributed by atoms with Crippen LogP contribution < -0.4 is 0 Å². The SMILES string of the molecule is c1ccc(-c2ccccc2-c2oc(-c3ccccc3-c3ccncc3)c3ccccc23)cc1. The summed E-state index contributed by atoms with van der Waals surface area (Å²) in [5, 5.41) is 2.22. The summed E-state index contributed by atoms with van der Waals surface area (Å²) in [5.41, 5.74) is 6.74. The summed E-state index contributed by atoms with van der Waals surface area (Å²) < 4.78 is 6.75. The van der Waals surface area contributed by atoms with Crippen LogP contribution in [0.4, 0.5) is 0 Å². The molecule has 0 radical (unpaired) electrons. The summed E-state index contributed by atoms with van der Waals surface area (Å²) in [5.74, 6) is 1.78. The molecule has 2 heteroatoms. The Kier molecular flexibility index (Phi) is 4.82. The number of hydrogen-bond acceptors (Lipinski definition) is 2. The second-order valence-corrected chi connectivity index (χ2v) is 8.00. The van der Waals surface area contributed by atoms with Crippen LogP contribution in [0.15, 0.2) is 132 Å². The Morgan fingerprint density at radius 1 is 0.394 bits per heavy atom. The molecule has 6 aromatic rings. The molecule has 0 aliphatic rings. The quantitative estimate of drug-likeness (QED) is 0.284. The largest absolute Gasteiger partial charge is 0.455 e. The number of benzene rings is 4. The summed E-state index contributed by atoms with van der Waals surface area (Å²) >= 11 is 0. The van der Waals surface area contributed by atoms with Crippen LogP contribution in [0.25, 0.3) is 55.7 Å². The van der Waals surface area contributed by atoms with E-state index >= 15 is 0 Å². The summed E-state index contributed by atoms with van der Waals surface area (Å²) in [7, 11) is 0. The Labute approximate surface area is 192 Å². The van der Waals surface area contributed by atoms with Gasteiger partial charge in [0.1, 0.15) is 11.5 Å². The molecule has 2 heterocycles. The molecule has 0 spiro atoms. The van der Waals surface area contributed by atoms with Crippen molar-refractivity contribution >= 4 is 10.8 Å². The van der Waals surface area contributed by atoms with Crippen molar-refractivity contribution in [2.75, 3.05) is 0 Å². The van der Waals surface area contributed by atoms with Crippen molar-refractivity contribution < 1.29 is 4.42 Å². The maximum Gasteiger partial charge on any atom is 0.143 e. The summed E-state index contributed by atoms with van der Waals surface area (Å²) in [6.45, 7) is 0. The molecule has 0 saturated carbocycles. The summed E-state index contributed by atoms with van der Waals surface area (Å²) in [6, 6.07) is 39.8. The first kappa shape index (κ1) is 19.3. The molecular formula is C31H21NO. The number of fused-ring (bicyclic) bond motifs is 1. The molecule has 33 heavy (non-hydrogen) atoms. The minimum atomic E-state index is 0.885. The van der Waals surface area contributed by atoms with Gasteiger partial charge < -0.3 is 4.42 Å². The molecule has 0 unspecified atom stereocenters. The molecule has 0 atom stereocenters. The molecule has 0 amide bonds. The molecule has 2 aromatic heterocycles. The van der Waals surface area contributed by atoms with Crippen LogP contribution in [0.2, 0.25) is 0 Å². The Morgan fingerprint density at radius 3 is 1.36 bits per heavy atom. The van der Waals surface area contributed by atoms with Gasteiger partial charge in [-0.1, -0.05) is 103 Å². The molecule has 0 saturated heterocycles. The van der Waals surface area contributed by atoms with Gasteiger partial charge in [-0.3, -0.25) is 4.98 Å². The van der Waals surface area contributed by atoms with E-state index in [1.807, 2.05) is 30.6 Å².